The maximum absolute atomic E-state index is 12.3. The van der Waals surface area contributed by atoms with E-state index < -0.39 is 23.3 Å². The second-order valence-corrected chi connectivity index (χ2v) is 6.66. The van der Waals surface area contributed by atoms with Crippen LogP contribution >= 0.6 is 11.8 Å². The maximum atomic E-state index is 12.3. The van der Waals surface area contributed by atoms with Crippen molar-refractivity contribution in [3.8, 4) is 5.75 Å². The van der Waals surface area contributed by atoms with E-state index >= 15 is 0 Å². The van der Waals surface area contributed by atoms with E-state index in [1.807, 2.05) is 12.1 Å². The minimum absolute atomic E-state index is 0.116. The molecular weight excluding hydrogens is 369 g/mol. The monoisotopic (exact) mass is 382 g/mol. The fourth-order valence-corrected chi connectivity index (χ4v) is 3.49. The second-order valence-electron chi connectivity index (χ2n) is 5.42. The summed E-state index contributed by atoms with van der Waals surface area (Å²) in [5.41, 5.74) is 0.842. The van der Waals surface area contributed by atoms with E-state index in [9.17, 15) is 22.8 Å². The first-order chi connectivity index (χ1) is 12.3. The van der Waals surface area contributed by atoms with Crippen LogP contribution in [-0.2, 0) is 9.59 Å². The van der Waals surface area contributed by atoms with Crippen molar-refractivity contribution < 1.29 is 27.5 Å². The van der Waals surface area contributed by atoms with Crippen LogP contribution in [0, 0.1) is 0 Å². The predicted molar refractivity (Wildman–Crippen MR) is 91.1 cm³/mol. The van der Waals surface area contributed by atoms with Gasteiger partial charge in [0.2, 0.25) is 11.8 Å². The molecule has 0 bridgehead atoms. The lowest BCUT2D eigenvalue weighted by atomic mass is 10.2. The number of rotatable bonds is 4. The third-order valence-electron chi connectivity index (χ3n) is 3.43. The number of carbonyl (C=O) groups is 2. The van der Waals surface area contributed by atoms with Crippen LogP contribution in [0.5, 0.6) is 5.75 Å². The zero-order valence-corrected chi connectivity index (χ0v) is 14.0. The molecule has 2 aromatic rings. The number of thioether (sulfide) groups is 1. The van der Waals surface area contributed by atoms with Gasteiger partial charge in [0, 0.05) is 23.1 Å². The van der Waals surface area contributed by atoms with Crippen LogP contribution in [-0.4, -0.2) is 23.4 Å². The van der Waals surface area contributed by atoms with Crippen molar-refractivity contribution in [3.63, 3.8) is 0 Å². The smallest absolute Gasteiger partial charge is 0.406 e. The van der Waals surface area contributed by atoms with Crippen LogP contribution in [0.1, 0.15) is 6.42 Å². The lowest BCUT2D eigenvalue weighted by Gasteiger charge is -2.23. The van der Waals surface area contributed by atoms with E-state index in [1.54, 1.807) is 12.1 Å². The molecular formula is C17H13F3N2O3S. The summed E-state index contributed by atoms with van der Waals surface area (Å²) in [7, 11) is 0. The molecule has 1 atom stereocenters. The lowest BCUT2D eigenvalue weighted by Crippen LogP contribution is -2.32. The lowest BCUT2D eigenvalue weighted by molar-refractivity contribution is -0.274. The van der Waals surface area contributed by atoms with E-state index in [1.165, 1.54) is 23.9 Å². The number of fused-ring (bicyclic) bond motifs is 1. The van der Waals surface area contributed by atoms with Crippen LogP contribution in [0.2, 0.25) is 0 Å². The van der Waals surface area contributed by atoms with Gasteiger partial charge >= 0.3 is 6.36 Å². The van der Waals surface area contributed by atoms with Gasteiger partial charge in [0.05, 0.1) is 10.9 Å². The number of halogens is 3. The molecule has 0 saturated carbocycles. The summed E-state index contributed by atoms with van der Waals surface area (Å²) in [5, 5.41) is 4.58. The van der Waals surface area contributed by atoms with Crippen molar-refractivity contribution >= 4 is 35.0 Å². The topological polar surface area (TPSA) is 67.4 Å². The van der Waals surface area contributed by atoms with Crippen LogP contribution in [0.15, 0.2) is 53.4 Å². The molecule has 1 aliphatic heterocycles. The number of alkyl halides is 3. The third-order valence-corrected chi connectivity index (χ3v) is 4.70. The summed E-state index contributed by atoms with van der Waals surface area (Å²) >= 11 is 1.27. The predicted octanol–water partition coefficient (Wildman–Crippen LogP) is 4.03. The van der Waals surface area contributed by atoms with Crippen LogP contribution in [0.25, 0.3) is 0 Å². The Labute approximate surface area is 150 Å². The molecule has 0 fully saturated rings. The number of ether oxygens (including phenoxy) is 1. The van der Waals surface area contributed by atoms with Gasteiger partial charge < -0.3 is 15.4 Å². The van der Waals surface area contributed by atoms with Gasteiger partial charge in [-0.3, -0.25) is 9.59 Å². The molecule has 2 aromatic carbocycles. The molecule has 0 aromatic heterocycles. The first-order valence-corrected chi connectivity index (χ1v) is 8.40. The third kappa shape index (κ3) is 4.69. The number of hydrogen-bond donors (Lipinski definition) is 2. The molecule has 0 radical (unpaired) electrons. The van der Waals surface area contributed by atoms with Gasteiger partial charge in [0.1, 0.15) is 5.75 Å². The quantitative estimate of drug-likeness (QED) is 0.838. The van der Waals surface area contributed by atoms with E-state index in [0.717, 1.165) is 17.0 Å². The van der Waals surface area contributed by atoms with Gasteiger partial charge in [0.25, 0.3) is 0 Å². The summed E-state index contributed by atoms with van der Waals surface area (Å²) in [5.74, 6) is -1.21. The number of carbonyl (C=O) groups excluding carboxylic acids is 2. The van der Waals surface area contributed by atoms with Gasteiger partial charge in [-0.25, -0.2) is 0 Å². The highest BCUT2D eigenvalue weighted by Gasteiger charge is 2.31. The highest BCUT2D eigenvalue weighted by atomic mass is 32.2. The van der Waals surface area contributed by atoms with E-state index in [2.05, 4.69) is 15.4 Å². The van der Waals surface area contributed by atoms with Crippen LogP contribution in [0.4, 0.5) is 24.5 Å². The number of amides is 2. The van der Waals surface area contributed by atoms with E-state index in [4.69, 9.17) is 0 Å². The number of para-hydroxylation sites is 1. The molecule has 3 rings (SSSR count). The molecule has 136 valence electrons. The Hall–Kier alpha value is -2.68. The minimum atomic E-state index is -4.81. The normalized spacial score (nSPS) is 16.4. The van der Waals surface area contributed by atoms with Crippen molar-refractivity contribution in [2.24, 2.45) is 0 Å². The zero-order chi connectivity index (χ0) is 18.7. The molecule has 0 saturated heterocycles. The maximum Gasteiger partial charge on any atom is 0.573 e. The molecule has 26 heavy (non-hydrogen) atoms. The fraction of sp³-hybridized carbons (Fsp3) is 0.176. The molecule has 9 heteroatoms. The molecule has 0 aliphatic carbocycles. The van der Waals surface area contributed by atoms with Gasteiger partial charge in [-0.15, -0.1) is 24.9 Å². The molecule has 1 unspecified atom stereocenters. The Kier molecular flexibility index (Phi) is 5.08. The highest BCUT2D eigenvalue weighted by molar-refractivity contribution is 8.01. The van der Waals surface area contributed by atoms with Crippen molar-refractivity contribution in [1.29, 1.82) is 0 Å². The summed E-state index contributed by atoms with van der Waals surface area (Å²) in [6.07, 6.45) is -4.93. The molecule has 1 aliphatic rings. The fourth-order valence-electron chi connectivity index (χ4n) is 2.38. The second kappa shape index (κ2) is 7.28. The number of hydrogen-bond acceptors (Lipinski definition) is 4. The van der Waals surface area contributed by atoms with Crippen molar-refractivity contribution in [2.45, 2.75) is 22.9 Å². The SMILES string of the molecule is O=C(CC1Sc2ccccc2NC1=O)Nc1cccc(OC(F)(F)F)c1. The van der Waals surface area contributed by atoms with Crippen molar-refractivity contribution in [1.82, 2.24) is 0 Å². The summed E-state index contributed by atoms with van der Waals surface area (Å²) in [6.45, 7) is 0. The average Bonchev–Trinajstić information content (AvgIpc) is 2.54. The number of benzene rings is 2. The van der Waals surface area contributed by atoms with Gasteiger partial charge in [0.15, 0.2) is 0 Å². The molecule has 2 amide bonds. The van der Waals surface area contributed by atoms with E-state index in [-0.39, 0.29) is 18.0 Å². The van der Waals surface area contributed by atoms with Crippen LogP contribution in [0.3, 0.4) is 0 Å². The Morgan fingerprint density at radius 3 is 2.73 bits per heavy atom. The van der Waals surface area contributed by atoms with Gasteiger partial charge in [-0.05, 0) is 24.3 Å². The molecule has 2 N–H and O–H groups in total. The van der Waals surface area contributed by atoms with E-state index in [0.29, 0.717) is 5.69 Å². The standard InChI is InChI=1S/C17H13F3N2O3S/c18-17(19,20)25-11-5-3-4-10(8-11)21-15(23)9-14-16(24)22-12-6-1-2-7-13(12)26-14/h1-8,14H,9H2,(H,21,23)(H,22,24). The molecule has 0 spiro atoms. The summed E-state index contributed by atoms with van der Waals surface area (Å²) in [4.78, 5) is 25.1. The van der Waals surface area contributed by atoms with Crippen molar-refractivity contribution in [3.05, 3.63) is 48.5 Å². The first-order valence-electron chi connectivity index (χ1n) is 7.52. The minimum Gasteiger partial charge on any atom is -0.406 e. The largest absolute Gasteiger partial charge is 0.573 e. The average molecular weight is 382 g/mol. The Morgan fingerprint density at radius 2 is 1.96 bits per heavy atom. The Morgan fingerprint density at radius 1 is 1.19 bits per heavy atom. The van der Waals surface area contributed by atoms with Crippen molar-refractivity contribution in [2.75, 3.05) is 10.6 Å². The molecule has 1 heterocycles. The van der Waals surface area contributed by atoms with Gasteiger partial charge in [-0.2, -0.15) is 0 Å². The number of nitrogens with one attached hydrogen (secondary N) is 2. The Balaban J connectivity index is 1.63. The van der Waals surface area contributed by atoms with Gasteiger partial charge in [-0.1, -0.05) is 18.2 Å². The van der Waals surface area contributed by atoms with Crippen LogP contribution < -0.4 is 15.4 Å². The first kappa shape index (κ1) is 18.1. The number of anilines is 2. The highest BCUT2D eigenvalue weighted by Crippen LogP contribution is 2.36. The Bertz CT molecular complexity index is 842. The summed E-state index contributed by atoms with van der Waals surface area (Å²) < 4.78 is 40.6. The summed E-state index contributed by atoms with van der Waals surface area (Å²) in [6, 6.07) is 12.2. The zero-order valence-electron chi connectivity index (χ0n) is 13.2. The molecule has 5 nitrogen and oxygen atoms in total.